The second-order valence-electron chi connectivity index (χ2n) is 7.36. The lowest BCUT2D eigenvalue weighted by Gasteiger charge is -2.31. The third kappa shape index (κ3) is 3.53. The quantitative estimate of drug-likeness (QED) is 0.703. The fourth-order valence-corrected chi connectivity index (χ4v) is 5.32. The lowest BCUT2D eigenvalue weighted by Crippen LogP contribution is -2.37. The number of aliphatic imine (C=N–C) groups is 1. The van der Waals surface area contributed by atoms with Gasteiger partial charge in [-0.2, -0.15) is 0 Å². The number of carbonyl (C=O) groups is 1. The first-order valence-corrected chi connectivity index (χ1v) is 10.2. The van der Waals surface area contributed by atoms with Gasteiger partial charge in [0.1, 0.15) is 17.9 Å². The minimum absolute atomic E-state index is 0.0388. The fourth-order valence-electron chi connectivity index (χ4n) is 3.89. The van der Waals surface area contributed by atoms with E-state index in [1.807, 2.05) is 0 Å². The Morgan fingerprint density at radius 3 is 2.83 bits per heavy atom. The zero-order valence-corrected chi connectivity index (χ0v) is 17.0. The highest BCUT2D eigenvalue weighted by Gasteiger charge is 2.58. The number of alkyl halides is 1. The number of nitrogens with two attached hydrogens (primary N) is 1. The molecule has 1 aliphatic carbocycles. The monoisotopic (exact) mass is 439 g/mol. The second-order valence-corrected chi connectivity index (χ2v) is 9.06. The van der Waals surface area contributed by atoms with Crippen molar-refractivity contribution < 1.29 is 18.0 Å². The first-order valence-electron chi connectivity index (χ1n) is 8.97. The molecule has 0 unspecified atom stereocenters. The van der Waals surface area contributed by atoms with Gasteiger partial charge in [0.05, 0.1) is 5.02 Å². The number of Topliss-reactive ketones (excluding diaryl/α,β-unsaturated/α-hetero) is 1. The molecule has 1 aromatic heterocycles. The first-order chi connectivity index (χ1) is 13.7. The van der Waals surface area contributed by atoms with E-state index in [1.54, 1.807) is 13.0 Å². The molecule has 152 valence electrons. The molecule has 2 aliphatic rings. The molecule has 4 nitrogen and oxygen atoms in total. The molecule has 0 spiro atoms. The van der Waals surface area contributed by atoms with Gasteiger partial charge in [0, 0.05) is 29.3 Å². The standard InChI is InChI=1S/C20H17ClF3N3OS/c1-9-2-11(21)7-26-18(9)15(28)5-10-3-13(17(24)14(23)4-10)20(8-22)12-6-16(12)29-19(25)27-20/h2-4,7,12,16H,5-6,8H2,1H3,(H2,25,27)/t12-,16+,20+/m1/s1. The molecule has 0 bridgehead atoms. The Hall–Kier alpha value is -2.06. The van der Waals surface area contributed by atoms with Crippen LogP contribution in [-0.2, 0) is 12.0 Å². The van der Waals surface area contributed by atoms with Crippen LogP contribution in [0.2, 0.25) is 5.02 Å². The maximum absolute atomic E-state index is 14.7. The number of benzene rings is 1. The van der Waals surface area contributed by atoms with Crippen molar-refractivity contribution >= 4 is 34.3 Å². The van der Waals surface area contributed by atoms with Crippen LogP contribution < -0.4 is 5.73 Å². The molecule has 0 saturated heterocycles. The summed E-state index contributed by atoms with van der Waals surface area (Å²) < 4.78 is 43.3. The zero-order chi connectivity index (χ0) is 20.9. The maximum Gasteiger partial charge on any atom is 0.185 e. The summed E-state index contributed by atoms with van der Waals surface area (Å²) in [6.07, 6.45) is 1.75. The van der Waals surface area contributed by atoms with Gasteiger partial charge in [-0.3, -0.25) is 9.78 Å². The van der Waals surface area contributed by atoms with Crippen LogP contribution in [0.3, 0.4) is 0 Å². The largest absolute Gasteiger partial charge is 0.379 e. The highest BCUT2D eigenvalue weighted by atomic mass is 35.5. The van der Waals surface area contributed by atoms with Crippen molar-refractivity contribution in [2.45, 2.75) is 30.6 Å². The van der Waals surface area contributed by atoms with Crippen LogP contribution in [0.15, 0.2) is 29.4 Å². The fraction of sp³-hybridized carbons (Fsp3) is 0.350. The summed E-state index contributed by atoms with van der Waals surface area (Å²) in [4.78, 5) is 20.9. The van der Waals surface area contributed by atoms with Crippen molar-refractivity contribution in [2.24, 2.45) is 16.6 Å². The van der Waals surface area contributed by atoms with Crippen LogP contribution in [0.1, 0.15) is 33.6 Å². The van der Waals surface area contributed by atoms with Gasteiger partial charge in [0.15, 0.2) is 22.6 Å². The third-order valence-electron chi connectivity index (χ3n) is 5.36. The van der Waals surface area contributed by atoms with Crippen LogP contribution in [-0.4, -0.2) is 27.9 Å². The Morgan fingerprint density at radius 1 is 1.38 bits per heavy atom. The summed E-state index contributed by atoms with van der Waals surface area (Å²) in [7, 11) is 0. The van der Waals surface area contributed by atoms with Crippen molar-refractivity contribution in [1.82, 2.24) is 4.98 Å². The summed E-state index contributed by atoms with van der Waals surface area (Å²) in [5.41, 5.74) is 5.05. The number of nitrogens with zero attached hydrogens (tertiary/aromatic N) is 2. The number of pyridine rings is 1. The Morgan fingerprint density at radius 2 is 2.14 bits per heavy atom. The van der Waals surface area contributed by atoms with Crippen LogP contribution in [0.25, 0.3) is 0 Å². The second kappa shape index (κ2) is 7.32. The van der Waals surface area contributed by atoms with Crippen molar-refractivity contribution in [2.75, 3.05) is 6.67 Å². The van der Waals surface area contributed by atoms with E-state index in [2.05, 4.69) is 9.98 Å². The molecule has 9 heteroatoms. The Bertz CT molecular complexity index is 1050. The van der Waals surface area contributed by atoms with Crippen LogP contribution >= 0.6 is 23.4 Å². The summed E-state index contributed by atoms with van der Waals surface area (Å²) >= 11 is 7.19. The molecular formula is C20H17ClF3N3OS. The third-order valence-corrected chi connectivity index (χ3v) is 6.72. The van der Waals surface area contributed by atoms with E-state index in [-0.39, 0.29) is 45.4 Å². The van der Waals surface area contributed by atoms with Gasteiger partial charge in [-0.25, -0.2) is 18.2 Å². The molecule has 1 aromatic carbocycles. The number of carbonyl (C=O) groups excluding carboxylic acids is 1. The number of hydrogen-bond donors (Lipinski definition) is 1. The van der Waals surface area contributed by atoms with E-state index in [0.29, 0.717) is 17.0 Å². The summed E-state index contributed by atoms with van der Waals surface area (Å²) in [6, 6.07) is 3.87. The van der Waals surface area contributed by atoms with Gasteiger partial charge in [0.2, 0.25) is 0 Å². The van der Waals surface area contributed by atoms with E-state index >= 15 is 0 Å². The Labute approximate surface area is 174 Å². The molecule has 0 radical (unpaired) electrons. The summed E-state index contributed by atoms with van der Waals surface area (Å²) in [6.45, 7) is 0.687. The molecule has 3 atom stereocenters. The number of amidine groups is 1. The van der Waals surface area contributed by atoms with Gasteiger partial charge in [-0.15, -0.1) is 0 Å². The molecule has 1 saturated carbocycles. The van der Waals surface area contributed by atoms with Crippen LogP contribution in [0.4, 0.5) is 13.2 Å². The molecule has 2 N–H and O–H groups in total. The van der Waals surface area contributed by atoms with E-state index in [1.165, 1.54) is 24.0 Å². The smallest absolute Gasteiger partial charge is 0.185 e. The SMILES string of the molecule is Cc1cc(Cl)cnc1C(=O)Cc1cc(F)c(F)c([C@@]2(CF)N=C(N)S[C@H]3C[C@H]32)c1. The van der Waals surface area contributed by atoms with Crippen molar-refractivity contribution in [3.8, 4) is 0 Å². The molecule has 2 heterocycles. The van der Waals surface area contributed by atoms with E-state index in [9.17, 15) is 18.0 Å². The molecule has 1 aliphatic heterocycles. The number of aromatic nitrogens is 1. The predicted octanol–water partition coefficient (Wildman–Crippen LogP) is 4.36. The zero-order valence-electron chi connectivity index (χ0n) is 15.4. The number of hydrogen-bond acceptors (Lipinski definition) is 5. The lowest BCUT2D eigenvalue weighted by atomic mass is 9.84. The van der Waals surface area contributed by atoms with Crippen molar-refractivity contribution in [3.63, 3.8) is 0 Å². The van der Waals surface area contributed by atoms with Crippen LogP contribution in [0, 0.1) is 24.5 Å². The lowest BCUT2D eigenvalue weighted by molar-refractivity contribution is 0.0987. The number of thioether (sulfide) groups is 1. The number of rotatable bonds is 5. The predicted molar refractivity (Wildman–Crippen MR) is 107 cm³/mol. The van der Waals surface area contributed by atoms with Crippen molar-refractivity contribution in [3.05, 3.63) is 63.4 Å². The van der Waals surface area contributed by atoms with Gasteiger partial charge in [0.25, 0.3) is 0 Å². The molecular weight excluding hydrogens is 423 g/mol. The van der Waals surface area contributed by atoms with Gasteiger partial charge < -0.3 is 5.73 Å². The number of aryl methyl sites for hydroxylation is 1. The molecule has 29 heavy (non-hydrogen) atoms. The Balaban J connectivity index is 1.73. The van der Waals surface area contributed by atoms with E-state index < -0.39 is 23.8 Å². The number of fused-ring (bicyclic) bond motifs is 1. The highest BCUT2D eigenvalue weighted by molar-refractivity contribution is 8.14. The average molecular weight is 440 g/mol. The summed E-state index contributed by atoms with van der Waals surface area (Å²) in [5, 5.41) is 0.587. The first kappa shape index (κ1) is 20.2. The van der Waals surface area contributed by atoms with Crippen molar-refractivity contribution in [1.29, 1.82) is 0 Å². The Kier molecular flexibility index (Phi) is 5.11. The topological polar surface area (TPSA) is 68.3 Å². The molecule has 2 aromatic rings. The van der Waals surface area contributed by atoms with E-state index in [4.69, 9.17) is 17.3 Å². The highest BCUT2D eigenvalue weighted by Crippen LogP contribution is 2.58. The minimum Gasteiger partial charge on any atom is -0.379 e. The molecule has 0 amide bonds. The number of ketones is 1. The van der Waals surface area contributed by atoms with Gasteiger partial charge in [-0.05, 0) is 42.7 Å². The minimum atomic E-state index is -1.56. The molecule has 4 rings (SSSR count). The van der Waals surface area contributed by atoms with Crippen LogP contribution in [0.5, 0.6) is 0 Å². The van der Waals surface area contributed by atoms with E-state index in [0.717, 1.165) is 6.07 Å². The van der Waals surface area contributed by atoms with Gasteiger partial charge in [-0.1, -0.05) is 23.4 Å². The number of halogens is 4. The van der Waals surface area contributed by atoms with Gasteiger partial charge >= 0.3 is 0 Å². The molecule has 1 fully saturated rings. The normalized spacial score (nSPS) is 25.3. The average Bonchev–Trinajstić information content (AvgIpc) is 3.43. The maximum atomic E-state index is 14.7. The summed E-state index contributed by atoms with van der Waals surface area (Å²) in [5.74, 6) is -2.95.